The number of amides is 5. The Morgan fingerprint density at radius 2 is 1.33 bits per heavy atom. The third-order valence-corrected chi connectivity index (χ3v) is 8.99. The molecule has 328 valence electrons. The Balaban J connectivity index is 3.37. The van der Waals surface area contributed by atoms with E-state index < -0.39 is 95.5 Å². The summed E-state index contributed by atoms with van der Waals surface area (Å²) >= 11 is 0. The first-order valence-electron chi connectivity index (χ1n) is 19.8. The number of rotatable bonds is 23. The van der Waals surface area contributed by atoms with Crippen LogP contribution in [0.2, 0.25) is 0 Å². The van der Waals surface area contributed by atoms with Crippen molar-refractivity contribution < 1.29 is 48.5 Å². The van der Waals surface area contributed by atoms with Gasteiger partial charge >= 0.3 is 12.1 Å². The average Bonchev–Trinajstić information content (AvgIpc) is 3.13. The number of esters is 1. The van der Waals surface area contributed by atoms with Crippen molar-refractivity contribution in [3.63, 3.8) is 0 Å². The van der Waals surface area contributed by atoms with Crippen molar-refractivity contribution in [2.45, 2.75) is 150 Å². The molecule has 0 aromatic heterocycles. The third kappa shape index (κ3) is 19.0. The van der Waals surface area contributed by atoms with E-state index in [4.69, 9.17) is 20.6 Å². The number of aliphatic hydroxyl groups excluding tert-OH is 2. The van der Waals surface area contributed by atoms with Crippen molar-refractivity contribution in [3.8, 4) is 0 Å². The van der Waals surface area contributed by atoms with E-state index in [1.807, 2.05) is 13.8 Å². The van der Waals surface area contributed by atoms with Crippen molar-refractivity contribution in [2.24, 2.45) is 23.5 Å². The summed E-state index contributed by atoms with van der Waals surface area (Å²) in [6.45, 7) is 16.8. The lowest BCUT2D eigenvalue weighted by Crippen LogP contribution is -2.61. The lowest BCUT2D eigenvalue weighted by molar-refractivity contribution is -0.152. The van der Waals surface area contributed by atoms with Gasteiger partial charge in [-0.1, -0.05) is 78.3 Å². The molecule has 1 unspecified atom stereocenters. The van der Waals surface area contributed by atoms with Crippen molar-refractivity contribution in [3.05, 3.63) is 35.9 Å². The second kappa shape index (κ2) is 24.7. The van der Waals surface area contributed by atoms with Crippen molar-refractivity contribution in [2.75, 3.05) is 6.54 Å². The molecular weight excluding hydrogens is 752 g/mol. The Morgan fingerprint density at radius 1 is 0.776 bits per heavy atom. The number of nitrogens with one attached hydrogen (secondary N) is 7. The zero-order valence-corrected chi connectivity index (χ0v) is 35.6. The summed E-state index contributed by atoms with van der Waals surface area (Å²) in [5, 5.41) is 44.4. The molecule has 0 aliphatic carbocycles. The largest absolute Gasteiger partial charge is 0.459 e. The van der Waals surface area contributed by atoms with Crippen LogP contribution in [0.4, 0.5) is 4.79 Å². The lowest BCUT2D eigenvalue weighted by atomic mass is 9.96. The number of ether oxygens (including phenoxy) is 2. The van der Waals surface area contributed by atoms with Gasteiger partial charge in [0.2, 0.25) is 23.6 Å². The van der Waals surface area contributed by atoms with E-state index in [9.17, 15) is 39.0 Å². The minimum absolute atomic E-state index is 0.00599. The first-order chi connectivity index (χ1) is 27.0. The average molecular weight is 821 g/mol. The fraction of sp³-hybridized carbons (Fsp3) is 0.675. The van der Waals surface area contributed by atoms with Crippen LogP contribution in [0.25, 0.3) is 0 Å². The highest BCUT2D eigenvalue weighted by molar-refractivity contribution is 5.96. The van der Waals surface area contributed by atoms with Gasteiger partial charge in [-0.2, -0.15) is 0 Å². The predicted molar refractivity (Wildman–Crippen MR) is 218 cm³/mol. The molecule has 0 radical (unpaired) electrons. The first-order valence-corrected chi connectivity index (χ1v) is 19.8. The van der Waals surface area contributed by atoms with Gasteiger partial charge in [-0.25, -0.2) is 9.59 Å². The van der Waals surface area contributed by atoms with Gasteiger partial charge in [0, 0.05) is 6.54 Å². The van der Waals surface area contributed by atoms with Gasteiger partial charge in [0.1, 0.15) is 36.4 Å². The quantitative estimate of drug-likeness (QED) is 0.0324. The molecule has 18 heteroatoms. The lowest BCUT2D eigenvalue weighted by Gasteiger charge is -2.31. The summed E-state index contributed by atoms with van der Waals surface area (Å²) in [4.78, 5) is 81.1. The number of alkyl carbamates (subject to hydrolysis) is 1. The predicted octanol–water partition coefficient (Wildman–Crippen LogP) is 1.32. The van der Waals surface area contributed by atoms with Crippen molar-refractivity contribution >= 4 is 41.7 Å². The maximum Gasteiger partial charge on any atom is 0.408 e. The Hall–Kier alpha value is -4.97. The van der Waals surface area contributed by atoms with E-state index in [0.29, 0.717) is 12.0 Å². The summed E-state index contributed by atoms with van der Waals surface area (Å²) in [5.41, 5.74) is 5.22. The van der Waals surface area contributed by atoms with Crippen molar-refractivity contribution in [1.29, 1.82) is 5.41 Å². The maximum absolute atomic E-state index is 14.0. The van der Waals surface area contributed by atoms with Gasteiger partial charge in [0.25, 0.3) is 0 Å². The zero-order chi connectivity index (χ0) is 44.3. The molecule has 8 atom stereocenters. The van der Waals surface area contributed by atoms with Crippen molar-refractivity contribution in [1.82, 2.24) is 31.9 Å². The molecule has 11 N–H and O–H groups in total. The zero-order valence-electron chi connectivity index (χ0n) is 35.6. The summed E-state index contributed by atoms with van der Waals surface area (Å²) in [5.74, 6) is -5.43. The molecule has 0 saturated heterocycles. The molecule has 0 aliphatic heterocycles. The Labute approximate surface area is 342 Å². The molecule has 1 aromatic rings. The van der Waals surface area contributed by atoms with Crippen LogP contribution in [0.15, 0.2) is 30.3 Å². The molecule has 1 rings (SSSR count). The van der Waals surface area contributed by atoms with Crippen LogP contribution in [0, 0.1) is 23.2 Å². The molecule has 5 amide bonds. The number of nitrogens with two attached hydrogens (primary N) is 1. The van der Waals surface area contributed by atoms with E-state index in [1.54, 1.807) is 78.8 Å². The van der Waals surface area contributed by atoms with Gasteiger partial charge in [-0.3, -0.25) is 24.6 Å². The maximum atomic E-state index is 14.0. The molecule has 0 saturated carbocycles. The topological polar surface area (TPSA) is 283 Å². The smallest absolute Gasteiger partial charge is 0.408 e. The minimum atomic E-state index is -1.50. The highest BCUT2D eigenvalue weighted by Crippen LogP contribution is 2.15. The first kappa shape index (κ1) is 51.0. The number of hydrogen-bond acceptors (Lipinski definition) is 11. The Bertz CT molecular complexity index is 1500. The van der Waals surface area contributed by atoms with Crippen LogP contribution in [-0.2, 0) is 40.1 Å². The van der Waals surface area contributed by atoms with E-state index in [1.165, 1.54) is 6.92 Å². The van der Waals surface area contributed by atoms with E-state index in [2.05, 4.69) is 31.9 Å². The van der Waals surface area contributed by atoms with Crippen LogP contribution < -0.4 is 37.6 Å². The van der Waals surface area contributed by atoms with Gasteiger partial charge < -0.3 is 57.3 Å². The number of carbonyl (C=O) groups is 6. The number of hydrogen-bond donors (Lipinski definition) is 10. The fourth-order valence-electron chi connectivity index (χ4n) is 5.55. The van der Waals surface area contributed by atoms with E-state index in [-0.39, 0.29) is 44.3 Å². The molecule has 0 aliphatic rings. The second-order valence-electron chi connectivity index (χ2n) is 16.3. The highest BCUT2D eigenvalue weighted by Gasteiger charge is 2.37. The van der Waals surface area contributed by atoms with Gasteiger partial charge in [0.15, 0.2) is 12.0 Å². The minimum Gasteiger partial charge on any atom is -0.459 e. The summed E-state index contributed by atoms with van der Waals surface area (Å²) in [6.07, 6.45) is -2.89. The fourth-order valence-corrected chi connectivity index (χ4v) is 5.55. The van der Waals surface area contributed by atoms with Crippen LogP contribution in [-0.4, -0.2) is 106 Å². The molecule has 0 heterocycles. The summed E-state index contributed by atoms with van der Waals surface area (Å²) in [6, 6.07) is 2.16. The molecule has 18 nitrogen and oxygen atoms in total. The normalized spacial score (nSPS) is 15.6. The third-order valence-electron chi connectivity index (χ3n) is 8.99. The SMILES string of the molecule is CCC(C)[C@H](NC(=O)[C@@H](CCCNC(=N)N)NC(=O)[C@H](CC(C)C)NC(=O)[C@@H](NC(=O)OC(C)(C)C)[C@H](O)C(C)C)C(=O)N[C@H](C(=O)OCc1ccccc1)[C@H](C)O. The van der Waals surface area contributed by atoms with Crippen LogP contribution in [0.1, 0.15) is 100 Å². The molecule has 0 spiro atoms. The summed E-state index contributed by atoms with van der Waals surface area (Å²) < 4.78 is 10.7. The highest BCUT2D eigenvalue weighted by atomic mass is 16.6. The van der Waals surface area contributed by atoms with Crippen LogP contribution in [0.5, 0.6) is 0 Å². The van der Waals surface area contributed by atoms with Gasteiger partial charge in [-0.15, -0.1) is 0 Å². The van der Waals surface area contributed by atoms with E-state index >= 15 is 0 Å². The number of guanidine groups is 1. The summed E-state index contributed by atoms with van der Waals surface area (Å²) in [7, 11) is 0. The molecule has 0 fully saturated rings. The van der Waals surface area contributed by atoms with Crippen LogP contribution >= 0.6 is 0 Å². The van der Waals surface area contributed by atoms with E-state index in [0.717, 1.165) is 0 Å². The second-order valence-corrected chi connectivity index (χ2v) is 16.3. The number of benzene rings is 1. The Kier molecular flexibility index (Phi) is 21.8. The molecule has 0 bridgehead atoms. The Morgan fingerprint density at radius 3 is 1.84 bits per heavy atom. The monoisotopic (exact) mass is 821 g/mol. The molecular formula is C40H68N8O10. The standard InChI is InChI=1S/C40H68N8O10/c1-11-24(6)29(35(53)47-30(25(7)49)37(55)57-21-26-16-13-12-14-17-26)46-33(51)27(18-15-19-43-38(41)42)44-34(52)28(20-22(2)3)45-36(54)31(32(50)23(4)5)48-39(56)58-40(8,9)10/h12-14,16-17,22-25,27-32,49-50H,11,15,18-21H2,1-10H3,(H,44,52)(H,45,54)(H,46,51)(H,47,53)(H,48,56)(H4,41,42,43)/t24?,25-,27+,28-,29-,30-,31-,32+/m0/s1. The molecule has 1 aromatic carbocycles. The number of carbonyl (C=O) groups excluding carboxylic acids is 6. The molecule has 58 heavy (non-hydrogen) atoms. The number of aliphatic hydroxyl groups is 2. The van der Waals surface area contributed by atoms with Gasteiger partial charge in [-0.05, 0) is 70.3 Å². The van der Waals surface area contributed by atoms with Gasteiger partial charge in [0.05, 0.1) is 12.2 Å². The van der Waals surface area contributed by atoms with Crippen LogP contribution in [0.3, 0.4) is 0 Å².